The number of ether oxygens (including phenoxy) is 6. The molecule has 0 bridgehead atoms. The van der Waals surface area contributed by atoms with Gasteiger partial charge >= 0.3 is 0 Å². The fourth-order valence-electron chi connectivity index (χ4n) is 4.26. The van der Waals surface area contributed by atoms with Crippen LogP contribution >= 0.6 is 0 Å². The van der Waals surface area contributed by atoms with E-state index in [4.69, 9.17) is 28.4 Å². The Hall–Kier alpha value is -3.87. The fourth-order valence-corrected chi connectivity index (χ4v) is 4.26. The monoisotopic (exact) mass is 486 g/mol. The second-order valence-electron chi connectivity index (χ2n) is 8.35. The van der Waals surface area contributed by atoms with Crippen LogP contribution in [0.3, 0.4) is 0 Å². The number of rotatable bonds is 12. The third-order valence-corrected chi connectivity index (χ3v) is 6.17. The second kappa shape index (κ2) is 11.0. The summed E-state index contributed by atoms with van der Waals surface area (Å²) >= 11 is 0. The van der Waals surface area contributed by atoms with Crippen LogP contribution < -0.4 is 28.4 Å². The molecular weight excluding hydrogens is 456 g/mol. The Kier molecular flexibility index (Phi) is 8.12. The normalized spacial score (nSPS) is 15.0. The highest BCUT2D eigenvalue weighted by atomic mass is 16.7. The number of methoxy groups -OCH3 is 4. The maximum atomic E-state index is 11.8. The van der Waals surface area contributed by atoms with Gasteiger partial charge in [0.25, 0.3) is 0 Å². The van der Waals surface area contributed by atoms with Crippen molar-refractivity contribution >= 4 is 0 Å². The number of hydrogen-bond acceptors (Lipinski definition) is 9. The van der Waals surface area contributed by atoms with E-state index in [1.807, 2.05) is 12.1 Å². The molecule has 0 saturated heterocycles. The number of para-hydroxylation sites is 2. The van der Waals surface area contributed by atoms with Crippen molar-refractivity contribution in [2.24, 2.45) is 0 Å². The van der Waals surface area contributed by atoms with E-state index in [-0.39, 0.29) is 17.8 Å². The standard InChI is InChI=1S/C25H30N2O8/c1-25(15-26,17-14-20(30-2)23(32-4)24(33-5)22(17)31-3)12-8-9-16(27(28)29)13-21-34-18-10-6-7-11-19(18)35-21/h6-7,10-11,14,16,21H,8-9,12-13H2,1-5H3. The zero-order chi connectivity index (χ0) is 25.6. The molecule has 10 heteroatoms. The highest BCUT2D eigenvalue weighted by molar-refractivity contribution is 5.65. The van der Waals surface area contributed by atoms with Crippen molar-refractivity contribution in [2.75, 3.05) is 28.4 Å². The third-order valence-electron chi connectivity index (χ3n) is 6.17. The molecule has 2 atom stereocenters. The summed E-state index contributed by atoms with van der Waals surface area (Å²) in [5, 5.41) is 21.9. The first-order valence-corrected chi connectivity index (χ1v) is 11.2. The van der Waals surface area contributed by atoms with Gasteiger partial charge in [-0.1, -0.05) is 12.1 Å². The minimum Gasteiger partial charge on any atom is -0.493 e. The summed E-state index contributed by atoms with van der Waals surface area (Å²) in [5.74, 6) is 2.55. The van der Waals surface area contributed by atoms with Gasteiger partial charge in [0.1, 0.15) is 0 Å². The van der Waals surface area contributed by atoms with Crippen LogP contribution in [0.25, 0.3) is 0 Å². The van der Waals surface area contributed by atoms with E-state index < -0.39 is 17.7 Å². The maximum absolute atomic E-state index is 11.8. The molecule has 0 fully saturated rings. The molecule has 0 N–H and O–H groups in total. The molecule has 0 amide bonds. The lowest BCUT2D eigenvalue weighted by molar-refractivity contribution is -0.527. The molecule has 10 nitrogen and oxygen atoms in total. The smallest absolute Gasteiger partial charge is 0.248 e. The topological polar surface area (TPSA) is 122 Å². The van der Waals surface area contributed by atoms with Gasteiger partial charge in [-0.25, -0.2) is 0 Å². The minimum absolute atomic E-state index is 0.0957. The van der Waals surface area contributed by atoms with E-state index in [0.29, 0.717) is 52.9 Å². The molecule has 2 aromatic rings. The van der Waals surface area contributed by atoms with Gasteiger partial charge in [0.2, 0.25) is 23.8 Å². The summed E-state index contributed by atoms with van der Waals surface area (Å²) in [4.78, 5) is 11.4. The van der Waals surface area contributed by atoms with Crippen LogP contribution in [-0.4, -0.2) is 45.7 Å². The Balaban J connectivity index is 1.76. The van der Waals surface area contributed by atoms with Crippen molar-refractivity contribution in [3.05, 3.63) is 46.0 Å². The van der Waals surface area contributed by atoms with Crippen LogP contribution in [0.4, 0.5) is 0 Å². The fraction of sp³-hybridized carbons (Fsp3) is 0.480. The van der Waals surface area contributed by atoms with Crippen molar-refractivity contribution in [2.45, 2.75) is 50.4 Å². The second-order valence-corrected chi connectivity index (χ2v) is 8.35. The molecule has 0 aliphatic carbocycles. The largest absolute Gasteiger partial charge is 0.493 e. The molecule has 1 aliphatic rings. The van der Waals surface area contributed by atoms with Gasteiger partial charge in [0.15, 0.2) is 23.0 Å². The molecule has 2 unspecified atom stereocenters. The van der Waals surface area contributed by atoms with E-state index in [1.54, 1.807) is 25.1 Å². The summed E-state index contributed by atoms with van der Waals surface area (Å²) in [5.41, 5.74) is -0.483. The highest BCUT2D eigenvalue weighted by Crippen LogP contribution is 2.50. The Morgan fingerprint density at radius 1 is 1.06 bits per heavy atom. The first kappa shape index (κ1) is 25.7. The molecule has 188 valence electrons. The van der Waals surface area contributed by atoms with E-state index >= 15 is 0 Å². The molecule has 35 heavy (non-hydrogen) atoms. The first-order valence-electron chi connectivity index (χ1n) is 11.2. The van der Waals surface area contributed by atoms with Crippen molar-refractivity contribution in [3.63, 3.8) is 0 Å². The van der Waals surface area contributed by atoms with E-state index in [1.165, 1.54) is 28.4 Å². The highest BCUT2D eigenvalue weighted by Gasteiger charge is 2.36. The summed E-state index contributed by atoms with van der Waals surface area (Å²) in [6.45, 7) is 1.76. The van der Waals surface area contributed by atoms with Gasteiger partial charge in [-0.15, -0.1) is 0 Å². The molecule has 0 radical (unpaired) electrons. The van der Waals surface area contributed by atoms with Crippen molar-refractivity contribution in [1.82, 2.24) is 0 Å². The maximum Gasteiger partial charge on any atom is 0.248 e. The number of hydrogen-bond donors (Lipinski definition) is 0. The number of nitro groups is 1. The Labute approximate surface area is 204 Å². The van der Waals surface area contributed by atoms with E-state index in [2.05, 4.69) is 6.07 Å². The number of nitriles is 1. The molecule has 1 aliphatic heterocycles. The minimum atomic E-state index is -1.03. The van der Waals surface area contributed by atoms with Crippen LogP contribution in [0, 0.1) is 21.4 Å². The Morgan fingerprint density at radius 3 is 2.14 bits per heavy atom. The summed E-state index contributed by atoms with van der Waals surface area (Å²) in [7, 11) is 5.93. The lowest BCUT2D eigenvalue weighted by Crippen LogP contribution is -2.30. The number of benzene rings is 2. The van der Waals surface area contributed by atoms with Gasteiger partial charge in [0.05, 0.1) is 46.3 Å². The van der Waals surface area contributed by atoms with Gasteiger partial charge in [0, 0.05) is 16.9 Å². The first-order chi connectivity index (χ1) is 16.8. The summed E-state index contributed by atoms with van der Waals surface area (Å²) < 4.78 is 33.3. The third kappa shape index (κ3) is 5.29. The lowest BCUT2D eigenvalue weighted by atomic mass is 9.78. The molecule has 1 heterocycles. The molecule has 0 spiro atoms. The van der Waals surface area contributed by atoms with Crippen LogP contribution in [0.5, 0.6) is 34.5 Å². The predicted octanol–water partition coefficient (Wildman–Crippen LogP) is 4.51. The SMILES string of the molecule is COc1cc(C(C)(C#N)CCCC(CC2Oc3ccccc3O2)[N+](=O)[O-])c(OC)c(OC)c1OC. The molecule has 0 aromatic heterocycles. The van der Waals surface area contributed by atoms with E-state index in [0.717, 1.165) is 0 Å². The summed E-state index contributed by atoms with van der Waals surface area (Å²) in [6, 6.07) is 10.3. The zero-order valence-corrected chi connectivity index (χ0v) is 20.5. The molecule has 3 rings (SSSR count). The van der Waals surface area contributed by atoms with E-state index in [9.17, 15) is 15.4 Å². The van der Waals surface area contributed by atoms with Gasteiger partial charge in [-0.3, -0.25) is 10.1 Å². The van der Waals surface area contributed by atoms with Crippen molar-refractivity contribution in [1.29, 1.82) is 5.26 Å². The Morgan fingerprint density at radius 2 is 1.66 bits per heavy atom. The van der Waals surface area contributed by atoms with Gasteiger partial charge in [-0.05, 0) is 38.0 Å². The average Bonchev–Trinajstić information content (AvgIpc) is 3.28. The van der Waals surface area contributed by atoms with Crippen LogP contribution in [0.15, 0.2) is 30.3 Å². The summed E-state index contributed by atoms with van der Waals surface area (Å²) in [6.07, 6.45) is 0.375. The number of fused-ring (bicyclic) bond motifs is 1. The van der Waals surface area contributed by atoms with Gasteiger partial charge < -0.3 is 28.4 Å². The van der Waals surface area contributed by atoms with Crippen LogP contribution in [-0.2, 0) is 5.41 Å². The van der Waals surface area contributed by atoms with Gasteiger partial charge in [-0.2, -0.15) is 5.26 Å². The van der Waals surface area contributed by atoms with Crippen molar-refractivity contribution < 1.29 is 33.3 Å². The zero-order valence-electron chi connectivity index (χ0n) is 20.5. The quantitative estimate of drug-likeness (QED) is 0.315. The number of nitrogens with zero attached hydrogens (tertiary/aromatic N) is 2. The van der Waals surface area contributed by atoms with Crippen LogP contribution in [0.1, 0.15) is 38.2 Å². The molecule has 2 aromatic carbocycles. The van der Waals surface area contributed by atoms with Crippen LogP contribution in [0.2, 0.25) is 0 Å². The average molecular weight is 487 g/mol. The lowest BCUT2D eigenvalue weighted by Gasteiger charge is -2.27. The van der Waals surface area contributed by atoms with Crippen molar-refractivity contribution in [3.8, 4) is 40.6 Å². The molecular formula is C25H30N2O8. The molecule has 0 saturated carbocycles. The predicted molar refractivity (Wildman–Crippen MR) is 126 cm³/mol. The Bertz CT molecular complexity index is 1070.